The fourth-order valence-corrected chi connectivity index (χ4v) is 2.54. The zero-order chi connectivity index (χ0) is 18.4. The van der Waals surface area contributed by atoms with Gasteiger partial charge in [0.25, 0.3) is 0 Å². The fraction of sp³-hybridized carbons (Fsp3) is 0.143. The van der Waals surface area contributed by atoms with Crippen molar-refractivity contribution < 1.29 is 9.53 Å². The highest BCUT2D eigenvalue weighted by molar-refractivity contribution is 6.01. The van der Waals surface area contributed by atoms with Gasteiger partial charge in [-0.3, -0.25) is 9.48 Å². The molecule has 1 heterocycles. The number of benzene rings is 2. The zero-order valence-corrected chi connectivity index (χ0v) is 14.8. The second-order valence-electron chi connectivity index (χ2n) is 5.91. The number of hydrogen-bond donors (Lipinski definition) is 1. The predicted molar refractivity (Wildman–Crippen MR) is 103 cm³/mol. The molecule has 1 N–H and O–H groups in total. The third-order valence-electron chi connectivity index (χ3n) is 3.95. The van der Waals surface area contributed by atoms with Gasteiger partial charge in [-0.15, -0.1) is 0 Å². The van der Waals surface area contributed by atoms with Crippen LogP contribution in [0.3, 0.4) is 0 Å². The molecule has 5 heteroatoms. The van der Waals surface area contributed by atoms with Crippen molar-refractivity contribution in [2.24, 2.45) is 0 Å². The smallest absolute Gasteiger partial charge is 0.249 e. The molecular formula is C21H21N3O2. The van der Waals surface area contributed by atoms with Crippen LogP contribution in [0.1, 0.15) is 16.8 Å². The summed E-state index contributed by atoms with van der Waals surface area (Å²) in [5.74, 6) is 1.11. The number of nitrogens with one attached hydrogen (secondary N) is 1. The lowest BCUT2D eigenvalue weighted by Gasteiger charge is -2.04. The Hall–Kier alpha value is -3.34. The van der Waals surface area contributed by atoms with Gasteiger partial charge >= 0.3 is 0 Å². The molecule has 3 rings (SSSR count). The molecule has 0 aliphatic heterocycles. The van der Waals surface area contributed by atoms with Crippen molar-refractivity contribution >= 4 is 17.8 Å². The average Bonchev–Trinajstić information content (AvgIpc) is 3.00. The molecule has 26 heavy (non-hydrogen) atoms. The number of carbonyl (C=O) groups is 1. The average molecular weight is 347 g/mol. The van der Waals surface area contributed by atoms with Crippen LogP contribution < -0.4 is 10.1 Å². The molecular weight excluding hydrogens is 326 g/mol. The summed E-state index contributed by atoms with van der Waals surface area (Å²) in [6.07, 6.45) is 3.25. The summed E-state index contributed by atoms with van der Waals surface area (Å²) in [4.78, 5) is 12.1. The van der Waals surface area contributed by atoms with Crippen LogP contribution in [0, 0.1) is 6.92 Å². The van der Waals surface area contributed by atoms with E-state index in [1.807, 2.05) is 60.1 Å². The summed E-state index contributed by atoms with van der Waals surface area (Å²) in [7, 11) is 1.62. The number of aromatic nitrogens is 2. The number of carbonyl (C=O) groups excluding carboxylic acids is 1. The largest absolute Gasteiger partial charge is 0.497 e. The molecule has 0 saturated heterocycles. The number of nitrogens with zero attached hydrogens (tertiary/aromatic N) is 2. The second-order valence-corrected chi connectivity index (χ2v) is 5.91. The quantitative estimate of drug-likeness (QED) is 0.688. The van der Waals surface area contributed by atoms with Crippen LogP contribution in [0.5, 0.6) is 5.75 Å². The van der Waals surface area contributed by atoms with Gasteiger partial charge in [0.1, 0.15) is 5.75 Å². The van der Waals surface area contributed by atoms with Crippen molar-refractivity contribution in [1.82, 2.24) is 9.78 Å². The molecule has 0 radical (unpaired) electrons. The van der Waals surface area contributed by atoms with Crippen LogP contribution in [0.2, 0.25) is 0 Å². The number of hydrogen-bond acceptors (Lipinski definition) is 3. The van der Waals surface area contributed by atoms with Crippen LogP contribution in [0.4, 0.5) is 5.82 Å². The number of rotatable bonds is 6. The molecule has 0 atom stereocenters. The van der Waals surface area contributed by atoms with Crippen LogP contribution in [-0.2, 0) is 11.3 Å². The van der Waals surface area contributed by atoms with Crippen LogP contribution >= 0.6 is 0 Å². The number of amides is 1. The first-order chi connectivity index (χ1) is 12.6. The van der Waals surface area contributed by atoms with E-state index in [4.69, 9.17) is 4.74 Å². The maximum atomic E-state index is 12.1. The minimum Gasteiger partial charge on any atom is -0.497 e. The van der Waals surface area contributed by atoms with Crippen molar-refractivity contribution in [2.45, 2.75) is 13.5 Å². The highest BCUT2D eigenvalue weighted by atomic mass is 16.5. The van der Waals surface area contributed by atoms with Gasteiger partial charge in [0, 0.05) is 17.8 Å². The molecule has 1 amide bonds. The lowest BCUT2D eigenvalue weighted by atomic mass is 10.2. The number of aryl methyl sites for hydroxylation is 1. The van der Waals surface area contributed by atoms with Crippen molar-refractivity contribution in [3.63, 3.8) is 0 Å². The Balaban J connectivity index is 1.62. The van der Waals surface area contributed by atoms with Crippen molar-refractivity contribution in [3.05, 3.63) is 83.6 Å². The van der Waals surface area contributed by atoms with Crippen molar-refractivity contribution in [1.29, 1.82) is 0 Å². The molecule has 0 fully saturated rings. The van der Waals surface area contributed by atoms with Gasteiger partial charge in [0.05, 0.1) is 13.7 Å². The summed E-state index contributed by atoms with van der Waals surface area (Å²) in [5, 5.41) is 7.26. The summed E-state index contributed by atoms with van der Waals surface area (Å²) in [5.41, 5.74) is 3.08. The molecule has 0 saturated carbocycles. The Morgan fingerprint density at radius 3 is 2.58 bits per heavy atom. The molecule has 0 bridgehead atoms. The summed E-state index contributed by atoms with van der Waals surface area (Å²) in [6, 6.07) is 19.4. The van der Waals surface area contributed by atoms with Gasteiger partial charge < -0.3 is 10.1 Å². The van der Waals surface area contributed by atoms with E-state index in [2.05, 4.69) is 22.5 Å². The molecule has 5 nitrogen and oxygen atoms in total. The van der Waals surface area contributed by atoms with E-state index >= 15 is 0 Å². The second kappa shape index (κ2) is 8.16. The van der Waals surface area contributed by atoms with Crippen molar-refractivity contribution in [2.75, 3.05) is 12.4 Å². The molecule has 0 unspecified atom stereocenters. The number of anilines is 1. The van der Waals surface area contributed by atoms with E-state index in [0.717, 1.165) is 22.6 Å². The third-order valence-corrected chi connectivity index (χ3v) is 3.95. The normalized spacial score (nSPS) is 10.8. The van der Waals surface area contributed by atoms with Gasteiger partial charge in [0.2, 0.25) is 5.91 Å². The SMILES string of the molecule is COc1ccc(/C=C/C(=O)Nc2cc(C)n(Cc3ccccc3)n2)cc1. The molecule has 0 aliphatic carbocycles. The van der Waals surface area contributed by atoms with Gasteiger partial charge in [-0.25, -0.2) is 0 Å². The van der Waals surface area contributed by atoms with Gasteiger partial charge in [0.15, 0.2) is 5.82 Å². The summed E-state index contributed by atoms with van der Waals surface area (Å²) in [6.45, 7) is 2.64. The van der Waals surface area contributed by atoms with E-state index in [9.17, 15) is 4.79 Å². The fourth-order valence-electron chi connectivity index (χ4n) is 2.54. The predicted octanol–water partition coefficient (Wildman–Crippen LogP) is 3.90. The van der Waals surface area contributed by atoms with E-state index in [1.54, 1.807) is 13.2 Å². The third kappa shape index (κ3) is 4.60. The van der Waals surface area contributed by atoms with E-state index < -0.39 is 0 Å². The topological polar surface area (TPSA) is 56.1 Å². The standard InChI is InChI=1S/C21H21N3O2/c1-16-14-20(23-24(16)15-18-6-4-3-5-7-18)22-21(25)13-10-17-8-11-19(26-2)12-9-17/h3-14H,15H2,1-2H3,(H,22,23,25)/b13-10+. The molecule has 0 spiro atoms. The van der Waals surface area contributed by atoms with Gasteiger partial charge in [-0.2, -0.15) is 5.10 Å². The van der Waals surface area contributed by atoms with Crippen LogP contribution in [0.15, 0.2) is 66.7 Å². The maximum absolute atomic E-state index is 12.1. The van der Waals surface area contributed by atoms with Gasteiger partial charge in [-0.1, -0.05) is 42.5 Å². The van der Waals surface area contributed by atoms with Crippen molar-refractivity contribution in [3.8, 4) is 5.75 Å². The Morgan fingerprint density at radius 1 is 1.15 bits per heavy atom. The summed E-state index contributed by atoms with van der Waals surface area (Å²) < 4.78 is 6.99. The summed E-state index contributed by atoms with van der Waals surface area (Å²) >= 11 is 0. The monoisotopic (exact) mass is 347 g/mol. The lowest BCUT2D eigenvalue weighted by Crippen LogP contribution is -2.09. The minimum atomic E-state index is -0.217. The highest BCUT2D eigenvalue weighted by Crippen LogP contribution is 2.13. The van der Waals surface area contributed by atoms with Crippen LogP contribution in [0.25, 0.3) is 6.08 Å². The molecule has 0 aliphatic rings. The highest BCUT2D eigenvalue weighted by Gasteiger charge is 2.07. The first-order valence-electron chi connectivity index (χ1n) is 8.35. The maximum Gasteiger partial charge on any atom is 0.249 e. The lowest BCUT2D eigenvalue weighted by molar-refractivity contribution is -0.111. The Bertz CT molecular complexity index is 897. The first-order valence-corrected chi connectivity index (χ1v) is 8.35. The number of ether oxygens (including phenoxy) is 1. The van der Waals surface area contributed by atoms with E-state index in [-0.39, 0.29) is 5.91 Å². The Kier molecular flexibility index (Phi) is 5.49. The van der Waals surface area contributed by atoms with Crippen LogP contribution in [-0.4, -0.2) is 22.8 Å². The Labute approximate surface area is 152 Å². The molecule has 2 aromatic carbocycles. The van der Waals surface area contributed by atoms with E-state index in [0.29, 0.717) is 12.4 Å². The number of methoxy groups -OCH3 is 1. The first kappa shape index (κ1) is 17.5. The Morgan fingerprint density at radius 2 is 1.88 bits per heavy atom. The molecule has 132 valence electrons. The minimum absolute atomic E-state index is 0.217. The van der Waals surface area contributed by atoms with E-state index in [1.165, 1.54) is 6.08 Å². The zero-order valence-electron chi connectivity index (χ0n) is 14.8. The molecule has 1 aromatic heterocycles. The molecule has 3 aromatic rings. The van der Waals surface area contributed by atoms with Gasteiger partial charge in [-0.05, 0) is 36.3 Å².